The number of urea groups is 1. The zero-order chi connectivity index (χ0) is 12.3. The number of rotatable bonds is 3. The van der Waals surface area contributed by atoms with Crippen LogP contribution in [0.25, 0.3) is 0 Å². The summed E-state index contributed by atoms with van der Waals surface area (Å²) in [5.41, 5.74) is 3.63. The Morgan fingerprint density at radius 1 is 1.56 bits per heavy atom. The van der Waals surface area contributed by atoms with E-state index in [1.165, 1.54) is 0 Å². The topological polar surface area (TPSA) is 98.5 Å². The van der Waals surface area contributed by atoms with Gasteiger partial charge in [-0.2, -0.15) is 0 Å². The number of esters is 1. The Balaban J connectivity index is 2.90. The number of cyclic esters (lactones) is 1. The van der Waals surface area contributed by atoms with Gasteiger partial charge in [0.25, 0.3) is 0 Å². The summed E-state index contributed by atoms with van der Waals surface area (Å²) in [4.78, 5) is 34.1. The highest BCUT2D eigenvalue weighted by molar-refractivity contribution is 6.08. The van der Waals surface area contributed by atoms with E-state index in [9.17, 15) is 14.4 Å². The van der Waals surface area contributed by atoms with Crippen molar-refractivity contribution in [3.63, 3.8) is 0 Å². The van der Waals surface area contributed by atoms with Crippen LogP contribution in [0.4, 0.5) is 4.79 Å². The van der Waals surface area contributed by atoms with Gasteiger partial charge in [-0.1, -0.05) is 13.8 Å². The second-order valence-electron chi connectivity index (χ2n) is 4.38. The number of hydrogen-bond donors (Lipinski definition) is 2. The lowest BCUT2D eigenvalue weighted by atomic mass is 9.78. The molecule has 0 aromatic carbocycles. The average molecular weight is 228 g/mol. The Labute approximate surface area is 93.5 Å². The molecule has 1 unspecified atom stereocenters. The molecule has 0 saturated carbocycles. The maximum absolute atomic E-state index is 11.8. The van der Waals surface area contributed by atoms with E-state index in [0.717, 1.165) is 0 Å². The van der Waals surface area contributed by atoms with Crippen LogP contribution in [0, 0.1) is 11.3 Å². The highest BCUT2D eigenvalue weighted by Gasteiger charge is 2.51. The number of primary amides is 1. The molecule has 0 radical (unpaired) electrons. The summed E-state index contributed by atoms with van der Waals surface area (Å²) >= 11 is 0. The first kappa shape index (κ1) is 12.5. The van der Waals surface area contributed by atoms with Gasteiger partial charge in [0.2, 0.25) is 5.91 Å². The van der Waals surface area contributed by atoms with Gasteiger partial charge in [0.05, 0.1) is 6.61 Å². The maximum Gasteiger partial charge on any atom is 0.321 e. The molecule has 6 nitrogen and oxygen atoms in total. The summed E-state index contributed by atoms with van der Waals surface area (Å²) in [6.45, 7) is 3.99. The number of imide groups is 1. The number of ether oxygens (including phenoxy) is 1. The molecular weight excluding hydrogens is 212 g/mol. The molecule has 1 aliphatic heterocycles. The molecule has 0 aromatic heterocycles. The number of amides is 3. The summed E-state index contributed by atoms with van der Waals surface area (Å²) in [5, 5.41) is 1.96. The van der Waals surface area contributed by atoms with E-state index in [1.54, 1.807) is 0 Å². The summed E-state index contributed by atoms with van der Waals surface area (Å²) in [6, 6.07) is -0.951. The van der Waals surface area contributed by atoms with Crippen LogP contribution in [0.3, 0.4) is 0 Å². The summed E-state index contributed by atoms with van der Waals surface area (Å²) in [5.74, 6) is -1.08. The van der Waals surface area contributed by atoms with Gasteiger partial charge in [-0.25, -0.2) is 4.79 Å². The molecule has 1 rings (SSSR count). The van der Waals surface area contributed by atoms with Crippen LogP contribution in [0.15, 0.2) is 0 Å². The van der Waals surface area contributed by atoms with Crippen molar-refractivity contribution >= 4 is 17.9 Å². The van der Waals surface area contributed by atoms with Crippen molar-refractivity contribution in [2.45, 2.75) is 26.7 Å². The van der Waals surface area contributed by atoms with E-state index < -0.39 is 23.3 Å². The van der Waals surface area contributed by atoms with Gasteiger partial charge >= 0.3 is 12.0 Å². The zero-order valence-corrected chi connectivity index (χ0v) is 9.41. The van der Waals surface area contributed by atoms with Crippen LogP contribution in [-0.2, 0) is 14.3 Å². The molecule has 1 fully saturated rings. The van der Waals surface area contributed by atoms with E-state index >= 15 is 0 Å². The molecule has 0 bridgehead atoms. The Morgan fingerprint density at radius 2 is 2.19 bits per heavy atom. The second kappa shape index (κ2) is 4.51. The largest absolute Gasteiger partial charge is 0.465 e. The van der Waals surface area contributed by atoms with Gasteiger partial charge in [0.15, 0.2) is 5.41 Å². The smallest absolute Gasteiger partial charge is 0.321 e. The molecule has 1 aliphatic rings. The van der Waals surface area contributed by atoms with Gasteiger partial charge in [0, 0.05) is 6.42 Å². The Morgan fingerprint density at radius 3 is 2.56 bits per heavy atom. The predicted molar refractivity (Wildman–Crippen MR) is 55.2 cm³/mol. The highest BCUT2D eigenvalue weighted by atomic mass is 16.5. The number of nitrogens with two attached hydrogens (primary N) is 1. The highest BCUT2D eigenvalue weighted by Crippen LogP contribution is 2.36. The van der Waals surface area contributed by atoms with E-state index in [2.05, 4.69) is 0 Å². The quantitative estimate of drug-likeness (QED) is 0.531. The molecular formula is C10H16N2O4. The van der Waals surface area contributed by atoms with E-state index in [4.69, 9.17) is 10.5 Å². The van der Waals surface area contributed by atoms with E-state index in [1.807, 2.05) is 19.2 Å². The zero-order valence-electron chi connectivity index (χ0n) is 9.41. The first-order valence-electron chi connectivity index (χ1n) is 5.16. The molecule has 3 N–H and O–H groups in total. The van der Waals surface area contributed by atoms with Crippen molar-refractivity contribution in [3.05, 3.63) is 0 Å². The molecule has 0 aromatic rings. The van der Waals surface area contributed by atoms with Gasteiger partial charge < -0.3 is 10.5 Å². The lowest BCUT2D eigenvalue weighted by molar-refractivity contribution is -0.152. The van der Waals surface area contributed by atoms with Crippen LogP contribution in [0.5, 0.6) is 0 Å². The molecule has 16 heavy (non-hydrogen) atoms. The summed E-state index contributed by atoms with van der Waals surface area (Å²) < 4.78 is 4.82. The Kier molecular flexibility index (Phi) is 3.51. The first-order chi connectivity index (χ1) is 7.38. The standard InChI is InChI=1S/C10H16N2O4/c1-6(2)5-10(3-4-16-8(10)14)7(13)12-9(11)15/h6H,3-5H2,1-2H3,(H3,11,12,13,15). The van der Waals surface area contributed by atoms with Crippen molar-refractivity contribution < 1.29 is 19.1 Å². The van der Waals surface area contributed by atoms with Crippen molar-refractivity contribution in [2.75, 3.05) is 6.61 Å². The number of hydrogen-bond acceptors (Lipinski definition) is 4. The van der Waals surface area contributed by atoms with Crippen LogP contribution in [-0.4, -0.2) is 24.5 Å². The van der Waals surface area contributed by atoms with E-state index in [0.29, 0.717) is 12.8 Å². The lowest BCUT2D eigenvalue weighted by Crippen LogP contribution is -2.48. The van der Waals surface area contributed by atoms with Crippen molar-refractivity contribution in [1.29, 1.82) is 0 Å². The minimum Gasteiger partial charge on any atom is -0.465 e. The minimum atomic E-state index is -1.25. The molecule has 0 spiro atoms. The van der Waals surface area contributed by atoms with Crippen LogP contribution in [0.2, 0.25) is 0 Å². The third kappa shape index (κ3) is 2.32. The normalized spacial score (nSPS) is 24.3. The third-order valence-corrected chi connectivity index (χ3v) is 2.58. The Bertz CT molecular complexity index is 327. The predicted octanol–water partition coefficient (Wildman–Crippen LogP) is 0.161. The van der Waals surface area contributed by atoms with Gasteiger partial charge in [-0.05, 0) is 12.3 Å². The minimum absolute atomic E-state index is 0.143. The lowest BCUT2D eigenvalue weighted by Gasteiger charge is -2.24. The third-order valence-electron chi connectivity index (χ3n) is 2.58. The fraction of sp³-hybridized carbons (Fsp3) is 0.700. The molecule has 3 amide bonds. The average Bonchev–Trinajstić information content (AvgIpc) is 2.46. The molecule has 1 heterocycles. The summed E-state index contributed by atoms with van der Waals surface area (Å²) in [6.07, 6.45) is 0.647. The van der Waals surface area contributed by atoms with Crippen LogP contribution >= 0.6 is 0 Å². The van der Waals surface area contributed by atoms with Crippen LogP contribution in [0.1, 0.15) is 26.7 Å². The monoisotopic (exact) mass is 228 g/mol. The first-order valence-corrected chi connectivity index (χ1v) is 5.16. The maximum atomic E-state index is 11.8. The molecule has 6 heteroatoms. The molecule has 90 valence electrons. The molecule has 0 aliphatic carbocycles. The van der Waals surface area contributed by atoms with Crippen molar-refractivity contribution in [1.82, 2.24) is 5.32 Å². The van der Waals surface area contributed by atoms with Crippen molar-refractivity contribution in [2.24, 2.45) is 17.1 Å². The van der Waals surface area contributed by atoms with Gasteiger partial charge in [0.1, 0.15) is 0 Å². The van der Waals surface area contributed by atoms with Crippen LogP contribution < -0.4 is 11.1 Å². The summed E-state index contributed by atoms with van der Waals surface area (Å²) in [7, 11) is 0. The fourth-order valence-corrected chi connectivity index (χ4v) is 1.97. The van der Waals surface area contributed by atoms with Gasteiger partial charge in [-0.3, -0.25) is 14.9 Å². The van der Waals surface area contributed by atoms with Gasteiger partial charge in [-0.15, -0.1) is 0 Å². The fourth-order valence-electron chi connectivity index (χ4n) is 1.97. The number of carbonyl (C=O) groups excluding carboxylic acids is 3. The second-order valence-corrected chi connectivity index (χ2v) is 4.38. The SMILES string of the molecule is CC(C)CC1(C(=O)NC(N)=O)CCOC1=O. The number of carbonyl (C=O) groups is 3. The van der Waals surface area contributed by atoms with Crippen molar-refractivity contribution in [3.8, 4) is 0 Å². The molecule has 1 saturated heterocycles. The molecule has 1 atom stereocenters. The Hall–Kier alpha value is -1.59. The van der Waals surface area contributed by atoms with E-state index in [-0.39, 0.29) is 12.5 Å². The number of nitrogens with one attached hydrogen (secondary N) is 1.